The van der Waals surface area contributed by atoms with Gasteiger partial charge in [-0.1, -0.05) is 58.9 Å². The summed E-state index contributed by atoms with van der Waals surface area (Å²) in [6.45, 7) is 11.4. The van der Waals surface area contributed by atoms with Gasteiger partial charge in [-0.3, -0.25) is 0 Å². The quantitative estimate of drug-likeness (QED) is 0.664. The molecule has 0 heterocycles. The highest BCUT2D eigenvalue weighted by Gasteiger charge is 2.11. The lowest BCUT2D eigenvalue weighted by Crippen LogP contribution is -2.09. The van der Waals surface area contributed by atoms with E-state index in [4.69, 9.17) is 0 Å². The van der Waals surface area contributed by atoms with Crippen LogP contribution in [0.15, 0.2) is 24.3 Å². The van der Waals surface area contributed by atoms with Crippen molar-refractivity contribution in [1.29, 1.82) is 0 Å². The molecule has 1 rings (SSSR count). The van der Waals surface area contributed by atoms with Crippen LogP contribution < -0.4 is 0 Å². The van der Waals surface area contributed by atoms with Gasteiger partial charge in [0.15, 0.2) is 0 Å². The van der Waals surface area contributed by atoms with Crippen LogP contribution >= 0.6 is 0 Å². The fraction of sp³-hybridized carbons (Fsp3) is 0.600. The zero-order valence-electron chi connectivity index (χ0n) is 10.8. The van der Waals surface area contributed by atoms with E-state index in [1.165, 1.54) is 17.5 Å². The lowest BCUT2D eigenvalue weighted by Gasteiger charge is -2.18. The molecular weight excluding hydrogens is 180 g/mol. The average molecular weight is 204 g/mol. The first-order valence-electron chi connectivity index (χ1n) is 6.01. The van der Waals surface area contributed by atoms with Crippen molar-refractivity contribution in [3.63, 3.8) is 0 Å². The second-order valence-electron chi connectivity index (χ2n) is 5.79. The third-order valence-corrected chi connectivity index (χ3v) is 2.90. The van der Waals surface area contributed by atoms with Crippen LogP contribution in [0, 0.1) is 5.41 Å². The Bertz CT molecular complexity index is 287. The van der Waals surface area contributed by atoms with Gasteiger partial charge in [-0.2, -0.15) is 0 Å². The molecule has 0 bridgehead atoms. The van der Waals surface area contributed by atoms with Crippen LogP contribution in [0.5, 0.6) is 0 Å². The zero-order chi connectivity index (χ0) is 11.5. The number of benzene rings is 1. The summed E-state index contributed by atoms with van der Waals surface area (Å²) in [4.78, 5) is 0. The molecule has 0 amide bonds. The highest BCUT2D eigenvalue weighted by molar-refractivity contribution is 5.25. The van der Waals surface area contributed by atoms with E-state index in [0.29, 0.717) is 11.3 Å². The van der Waals surface area contributed by atoms with Gasteiger partial charge in [0.05, 0.1) is 0 Å². The van der Waals surface area contributed by atoms with E-state index in [0.717, 1.165) is 6.42 Å². The fourth-order valence-corrected chi connectivity index (χ4v) is 1.81. The largest absolute Gasteiger partial charge is 0.0648 e. The van der Waals surface area contributed by atoms with Crippen LogP contribution in [0.25, 0.3) is 0 Å². The van der Waals surface area contributed by atoms with Crippen LogP contribution in [-0.4, -0.2) is 0 Å². The molecule has 0 nitrogen and oxygen atoms in total. The minimum absolute atomic E-state index is 0.387. The van der Waals surface area contributed by atoms with E-state index in [9.17, 15) is 0 Å². The SMILES string of the molecule is CCC(C)c1ccc(CC(C)(C)C)cc1. The van der Waals surface area contributed by atoms with E-state index in [1.54, 1.807) is 0 Å². The van der Waals surface area contributed by atoms with Gasteiger partial charge < -0.3 is 0 Å². The Morgan fingerprint density at radius 1 is 1.07 bits per heavy atom. The summed E-state index contributed by atoms with van der Waals surface area (Å²) >= 11 is 0. The summed E-state index contributed by atoms with van der Waals surface area (Å²) in [5, 5.41) is 0. The Kier molecular flexibility index (Phi) is 3.96. The molecule has 1 atom stereocenters. The molecule has 0 heteroatoms. The van der Waals surface area contributed by atoms with Gasteiger partial charge in [0.2, 0.25) is 0 Å². The third-order valence-electron chi connectivity index (χ3n) is 2.90. The molecule has 1 aromatic rings. The first kappa shape index (κ1) is 12.3. The van der Waals surface area contributed by atoms with Crippen molar-refractivity contribution in [2.24, 2.45) is 5.41 Å². The van der Waals surface area contributed by atoms with Gasteiger partial charge in [-0.05, 0) is 35.3 Å². The van der Waals surface area contributed by atoms with Crippen molar-refractivity contribution in [1.82, 2.24) is 0 Å². The van der Waals surface area contributed by atoms with Gasteiger partial charge in [0.25, 0.3) is 0 Å². The maximum atomic E-state index is 2.29. The van der Waals surface area contributed by atoms with E-state index in [-0.39, 0.29) is 0 Å². The smallest absolute Gasteiger partial charge is 0.0193 e. The highest BCUT2D eigenvalue weighted by atomic mass is 14.2. The van der Waals surface area contributed by atoms with E-state index >= 15 is 0 Å². The minimum atomic E-state index is 0.387. The van der Waals surface area contributed by atoms with Crippen molar-refractivity contribution >= 4 is 0 Å². The summed E-state index contributed by atoms with van der Waals surface area (Å²) in [5.74, 6) is 0.689. The summed E-state index contributed by atoms with van der Waals surface area (Å²) in [6.07, 6.45) is 2.38. The van der Waals surface area contributed by atoms with Gasteiger partial charge in [-0.25, -0.2) is 0 Å². The first-order valence-corrected chi connectivity index (χ1v) is 6.01. The van der Waals surface area contributed by atoms with Crippen molar-refractivity contribution in [2.45, 2.75) is 53.4 Å². The molecule has 0 radical (unpaired) electrons. The van der Waals surface area contributed by atoms with E-state index < -0.39 is 0 Å². The number of rotatable bonds is 3. The van der Waals surface area contributed by atoms with Crippen molar-refractivity contribution in [2.75, 3.05) is 0 Å². The van der Waals surface area contributed by atoms with Crippen LogP contribution in [-0.2, 0) is 6.42 Å². The Balaban J connectivity index is 2.72. The van der Waals surface area contributed by atoms with Crippen LogP contribution in [0.2, 0.25) is 0 Å². The lowest BCUT2D eigenvalue weighted by atomic mass is 9.87. The van der Waals surface area contributed by atoms with Gasteiger partial charge in [-0.15, -0.1) is 0 Å². The molecule has 0 aliphatic carbocycles. The summed E-state index contributed by atoms with van der Waals surface area (Å²) in [5.41, 5.74) is 3.31. The molecule has 0 spiro atoms. The first-order chi connectivity index (χ1) is 6.92. The summed E-state index contributed by atoms with van der Waals surface area (Å²) < 4.78 is 0. The maximum Gasteiger partial charge on any atom is -0.0193 e. The topological polar surface area (TPSA) is 0 Å². The highest BCUT2D eigenvalue weighted by Crippen LogP contribution is 2.23. The Labute approximate surface area is 94.7 Å². The second kappa shape index (κ2) is 4.83. The second-order valence-corrected chi connectivity index (χ2v) is 5.79. The molecule has 1 aromatic carbocycles. The fourth-order valence-electron chi connectivity index (χ4n) is 1.81. The zero-order valence-corrected chi connectivity index (χ0v) is 10.8. The molecular formula is C15H24. The molecule has 15 heavy (non-hydrogen) atoms. The summed E-state index contributed by atoms with van der Waals surface area (Å²) in [6, 6.07) is 9.14. The van der Waals surface area contributed by atoms with Gasteiger partial charge in [0, 0.05) is 0 Å². The Hall–Kier alpha value is -0.780. The van der Waals surface area contributed by atoms with Crippen LogP contribution in [0.3, 0.4) is 0 Å². The predicted octanol–water partition coefficient (Wildman–Crippen LogP) is 4.79. The molecule has 0 aliphatic rings. The Morgan fingerprint density at radius 3 is 2.00 bits per heavy atom. The van der Waals surface area contributed by atoms with E-state index in [2.05, 4.69) is 58.9 Å². The third kappa shape index (κ3) is 4.07. The lowest BCUT2D eigenvalue weighted by molar-refractivity contribution is 0.411. The predicted molar refractivity (Wildman–Crippen MR) is 68.3 cm³/mol. The van der Waals surface area contributed by atoms with Crippen molar-refractivity contribution < 1.29 is 0 Å². The molecule has 0 N–H and O–H groups in total. The molecule has 1 unspecified atom stereocenters. The van der Waals surface area contributed by atoms with Crippen molar-refractivity contribution in [3.8, 4) is 0 Å². The average Bonchev–Trinajstić information content (AvgIpc) is 2.15. The maximum absolute atomic E-state index is 2.29. The molecule has 84 valence electrons. The van der Waals surface area contributed by atoms with Gasteiger partial charge in [0.1, 0.15) is 0 Å². The molecule has 0 fully saturated rings. The monoisotopic (exact) mass is 204 g/mol. The molecule has 0 saturated heterocycles. The number of hydrogen-bond acceptors (Lipinski definition) is 0. The molecule has 0 aromatic heterocycles. The minimum Gasteiger partial charge on any atom is -0.0648 e. The van der Waals surface area contributed by atoms with Crippen LogP contribution in [0.1, 0.15) is 58.1 Å². The molecule has 0 saturated carbocycles. The Morgan fingerprint density at radius 2 is 1.60 bits per heavy atom. The number of hydrogen-bond donors (Lipinski definition) is 0. The van der Waals surface area contributed by atoms with Gasteiger partial charge >= 0.3 is 0 Å². The van der Waals surface area contributed by atoms with Crippen LogP contribution in [0.4, 0.5) is 0 Å². The van der Waals surface area contributed by atoms with E-state index in [1.807, 2.05) is 0 Å². The molecule has 0 aliphatic heterocycles. The summed E-state index contributed by atoms with van der Waals surface area (Å²) in [7, 11) is 0. The van der Waals surface area contributed by atoms with Crippen molar-refractivity contribution in [3.05, 3.63) is 35.4 Å². The normalized spacial score (nSPS) is 13.9. The standard InChI is InChI=1S/C15H24/c1-6-12(2)14-9-7-13(8-10-14)11-15(3,4)5/h7-10,12H,6,11H2,1-5H3.